The molecule has 1 aromatic rings. The molecule has 0 aliphatic carbocycles. The van der Waals surface area contributed by atoms with Gasteiger partial charge in [-0.1, -0.05) is 32.0 Å². The van der Waals surface area contributed by atoms with Gasteiger partial charge in [0.05, 0.1) is 0 Å². The van der Waals surface area contributed by atoms with Gasteiger partial charge in [-0.3, -0.25) is 4.79 Å². The number of carbonyl (C=O) groups is 1. The van der Waals surface area contributed by atoms with E-state index < -0.39 is 0 Å². The number of hydrogen-bond acceptors (Lipinski definition) is 3. The molecule has 0 saturated heterocycles. The van der Waals surface area contributed by atoms with Gasteiger partial charge in [0.2, 0.25) is 5.91 Å². The van der Waals surface area contributed by atoms with Crippen molar-refractivity contribution in [2.45, 2.75) is 32.9 Å². The lowest BCUT2D eigenvalue weighted by atomic mass is 10.0. The maximum absolute atomic E-state index is 11.4. The molecule has 0 aromatic heterocycles. The van der Waals surface area contributed by atoms with Gasteiger partial charge >= 0.3 is 0 Å². The summed E-state index contributed by atoms with van der Waals surface area (Å²) in [6.45, 7) is 6.10. The number of amides is 1. The lowest BCUT2D eigenvalue weighted by molar-refractivity contribution is 0.0999. The van der Waals surface area contributed by atoms with Gasteiger partial charge in [-0.25, -0.2) is 0 Å². The van der Waals surface area contributed by atoms with E-state index in [0.29, 0.717) is 24.1 Å². The van der Waals surface area contributed by atoms with Crippen LogP contribution in [0, 0.1) is 5.92 Å². The van der Waals surface area contributed by atoms with E-state index >= 15 is 0 Å². The molecular weight excluding hydrogens is 250 g/mol. The molecule has 1 amide bonds. The first kappa shape index (κ1) is 16.7. The third kappa shape index (κ3) is 5.72. The van der Waals surface area contributed by atoms with Gasteiger partial charge in [-0.05, 0) is 38.1 Å². The Morgan fingerprint density at radius 1 is 1.30 bits per heavy atom. The van der Waals surface area contributed by atoms with Crippen LogP contribution in [0.4, 0.5) is 0 Å². The SMILES string of the molecule is CC(C)CC(CN(C)C)NCc1ccccc1C(N)=O. The molecule has 0 aliphatic rings. The standard InChI is InChI=1S/C16H27N3O/c1-12(2)9-14(11-19(3)4)18-10-13-7-5-6-8-15(13)16(17)20/h5-8,12,14,18H,9-11H2,1-4H3,(H2,17,20). The molecule has 112 valence electrons. The maximum atomic E-state index is 11.4. The van der Waals surface area contributed by atoms with E-state index in [-0.39, 0.29) is 5.91 Å². The summed E-state index contributed by atoms with van der Waals surface area (Å²) >= 11 is 0. The molecule has 0 radical (unpaired) electrons. The molecular formula is C16H27N3O. The van der Waals surface area contributed by atoms with Gasteiger partial charge in [-0.15, -0.1) is 0 Å². The van der Waals surface area contributed by atoms with Crippen LogP contribution in [-0.4, -0.2) is 37.5 Å². The van der Waals surface area contributed by atoms with Crippen molar-refractivity contribution < 1.29 is 4.79 Å². The van der Waals surface area contributed by atoms with Gasteiger partial charge in [0.15, 0.2) is 0 Å². The summed E-state index contributed by atoms with van der Waals surface area (Å²) in [6, 6.07) is 7.92. The number of likely N-dealkylation sites (N-methyl/N-ethyl adjacent to an activating group) is 1. The van der Waals surface area contributed by atoms with E-state index in [9.17, 15) is 4.79 Å². The molecule has 1 rings (SSSR count). The largest absolute Gasteiger partial charge is 0.366 e. The van der Waals surface area contributed by atoms with Gasteiger partial charge in [0, 0.05) is 24.7 Å². The normalized spacial score (nSPS) is 12.9. The summed E-state index contributed by atoms with van der Waals surface area (Å²) in [6.07, 6.45) is 1.11. The van der Waals surface area contributed by atoms with Crippen LogP contribution < -0.4 is 11.1 Å². The second-order valence-corrected chi connectivity index (χ2v) is 5.99. The lowest BCUT2D eigenvalue weighted by Crippen LogP contribution is -2.39. The highest BCUT2D eigenvalue weighted by atomic mass is 16.1. The molecule has 0 bridgehead atoms. The first-order valence-electron chi connectivity index (χ1n) is 7.16. The van der Waals surface area contributed by atoms with E-state index in [0.717, 1.165) is 18.5 Å². The van der Waals surface area contributed by atoms with Crippen molar-refractivity contribution in [3.05, 3.63) is 35.4 Å². The predicted molar refractivity (Wildman–Crippen MR) is 83.6 cm³/mol. The Kier molecular flexibility index (Phi) is 6.68. The van der Waals surface area contributed by atoms with Gasteiger partial charge < -0.3 is 16.0 Å². The summed E-state index contributed by atoms with van der Waals surface area (Å²) < 4.78 is 0. The molecule has 4 heteroatoms. The topological polar surface area (TPSA) is 58.4 Å². The summed E-state index contributed by atoms with van der Waals surface area (Å²) in [4.78, 5) is 13.6. The number of primary amides is 1. The first-order chi connectivity index (χ1) is 9.40. The fourth-order valence-corrected chi connectivity index (χ4v) is 2.40. The number of nitrogens with one attached hydrogen (secondary N) is 1. The zero-order chi connectivity index (χ0) is 15.1. The van der Waals surface area contributed by atoms with Crippen LogP contribution in [0.15, 0.2) is 24.3 Å². The van der Waals surface area contributed by atoms with Crippen molar-refractivity contribution in [3.63, 3.8) is 0 Å². The number of nitrogens with zero attached hydrogens (tertiary/aromatic N) is 1. The third-order valence-electron chi connectivity index (χ3n) is 3.21. The minimum atomic E-state index is -0.365. The highest BCUT2D eigenvalue weighted by Gasteiger charge is 2.13. The Morgan fingerprint density at radius 3 is 2.50 bits per heavy atom. The van der Waals surface area contributed by atoms with Crippen LogP contribution >= 0.6 is 0 Å². The number of nitrogens with two attached hydrogens (primary N) is 1. The fourth-order valence-electron chi connectivity index (χ4n) is 2.40. The molecule has 1 atom stereocenters. The Bertz CT molecular complexity index is 419. The lowest BCUT2D eigenvalue weighted by Gasteiger charge is -2.24. The van der Waals surface area contributed by atoms with Gasteiger partial charge in [-0.2, -0.15) is 0 Å². The van der Waals surface area contributed by atoms with Crippen molar-refractivity contribution in [1.29, 1.82) is 0 Å². The van der Waals surface area contributed by atoms with Gasteiger partial charge in [0.1, 0.15) is 0 Å². The molecule has 0 heterocycles. The van der Waals surface area contributed by atoms with E-state index in [1.807, 2.05) is 18.2 Å². The van der Waals surface area contributed by atoms with Crippen molar-refractivity contribution in [2.75, 3.05) is 20.6 Å². The van der Waals surface area contributed by atoms with E-state index in [1.165, 1.54) is 0 Å². The predicted octanol–water partition coefficient (Wildman–Crippen LogP) is 1.85. The quantitative estimate of drug-likeness (QED) is 0.762. The summed E-state index contributed by atoms with van der Waals surface area (Å²) in [5.41, 5.74) is 6.98. The Morgan fingerprint density at radius 2 is 1.95 bits per heavy atom. The number of hydrogen-bond donors (Lipinski definition) is 2. The third-order valence-corrected chi connectivity index (χ3v) is 3.21. The summed E-state index contributed by atoms with van der Waals surface area (Å²) in [5.74, 6) is 0.272. The maximum Gasteiger partial charge on any atom is 0.249 e. The highest BCUT2D eigenvalue weighted by Crippen LogP contribution is 2.10. The summed E-state index contributed by atoms with van der Waals surface area (Å²) in [7, 11) is 4.15. The first-order valence-corrected chi connectivity index (χ1v) is 7.16. The van der Waals surface area contributed by atoms with E-state index in [4.69, 9.17) is 5.73 Å². The molecule has 1 unspecified atom stereocenters. The van der Waals surface area contributed by atoms with E-state index in [2.05, 4.69) is 38.2 Å². The van der Waals surface area contributed by atoms with Crippen molar-refractivity contribution in [3.8, 4) is 0 Å². The van der Waals surface area contributed by atoms with E-state index in [1.54, 1.807) is 6.07 Å². The fraction of sp³-hybridized carbons (Fsp3) is 0.562. The monoisotopic (exact) mass is 277 g/mol. The van der Waals surface area contributed by atoms with Crippen molar-refractivity contribution in [2.24, 2.45) is 11.7 Å². The molecule has 0 fully saturated rings. The second kappa shape index (κ2) is 8.02. The summed E-state index contributed by atoms with van der Waals surface area (Å²) in [5, 5.41) is 3.54. The number of rotatable bonds is 8. The average Bonchev–Trinajstić information content (AvgIpc) is 2.34. The van der Waals surface area contributed by atoms with Crippen LogP contribution in [-0.2, 0) is 6.54 Å². The van der Waals surface area contributed by atoms with Gasteiger partial charge in [0.25, 0.3) is 0 Å². The average molecular weight is 277 g/mol. The number of benzene rings is 1. The van der Waals surface area contributed by atoms with Crippen LogP contribution in [0.1, 0.15) is 36.2 Å². The molecule has 20 heavy (non-hydrogen) atoms. The second-order valence-electron chi connectivity index (χ2n) is 5.99. The van der Waals surface area contributed by atoms with Crippen LogP contribution in [0.25, 0.3) is 0 Å². The minimum Gasteiger partial charge on any atom is -0.366 e. The molecule has 1 aromatic carbocycles. The zero-order valence-electron chi connectivity index (χ0n) is 13.0. The number of carbonyl (C=O) groups excluding carboxylic acids is 1. The smallest absolute Gasteiger partial charge is 0.249 e. The van der Waals surface area contributed by atoms with Crippen molar-refractivity contribution >= 4 is 5.91 Å². The van der Waals surface area contributed by atoms with Crippen molar-refractivity contribution in [1.82, 2.24) is 10.2 Å². The van der Waals surface area contributed by atoms with Crippen LogP contribution in [0.5, 0.6) is 0 Å². The molecule has 4 nitrogen and oxygen atoms in total. The highest BCUT2D eigenvalue weighted by molar-refractivity contribution is 5.94. The molecule has 0 spiro atoms. The Hall–Kier alpha value is -1.39. The Labute approximate surface area is 122 Å². The molecule has 0 saturated carbocycles. The Balaban J connectivity index is 2.69. The minimum absolute atomic E-state index is 0.365. The molecule has 3 N–H and O–H groups in total. The molecule has 0 aliphatic heterocycles. The zero-order valence-corrected chi connectivity index (χ0v) is 13.0. The van der Waals surface area contributed by atoms with Crippen LogP contribution in [0.3, 0.4) is 0 Å². The van der Waals surface area contributed by atoms with Crippen LogP contribution in [0.2, 0.25) is 0 Å².